The summed E-state index contributed by atoms with van der Waals surface area (Å²) in [5.74, 6) is 0. The minimum Gasteiger partial charge on any atom is -0.444 e. The quantitative estimate of drug-likeness (QED) is 0.137. The van der Waals surface area contributed by atoms with Crippen LogP contribution in [-0.2, 0) is 22.3 Å². The zero-order valence-electron chi connectivity index (χ0n) is 34.9. The van der Waals surface area contributed by atoms with Crippen molar-refractivity contribution in [3.63, 3.8) is 0 Å². The van der Waals surface area contributed by atoms with E-state index in [-0.39, 0.29) is 42.5 Å². The number of benzene rings is 2. The third-order valence-corrected chi connectivity index (χ3v) is 13.1. The normalized spacial score (nSPS) is 19.6. The number of carbonyl (C=O) groups excluding carboxylic acids is 2. The summed E-state index contributed by atoms with van der Waals surface area (Å²) in [6.45, 7) is 15.3. The number of piperidine rings is 2. The van der Waals surface area contributed by atoms with Gasteiger partial charge in [0.2, 0.25) is 0 Å². The summed E-state index contributed by atoms with van der Waals surface area (Å²) < 4.78 is 14.0. The highest BCUT2D eigenvalue weighted by Gasteiger charge is 2.49. The first-order chi connectivity index (χ1) is 27.9. The van der Waals surface area contributed by atoms with E-state index in [1.807, 2.05) is 72.1 Å². The molecule has 13 heteroatoms. The number of ether oxygens (including phenoxy) is 2. The molecule has 324 valence electrons. The number of alkyl carbamates (subject to hydrolysis) is 2. The molecule has 2 saturated heterocycles. The predicted molar refractivity (Wildman–Crippen MR) is 256 cm³/mol. The third-order valence-electron chi connectivity index (χ3n) is 11.5. The molecule has 2 atom stereocenters. The molecule has 3 N–H and O–H groups in total. The van der Waals surface area contributed by atoms with Crippen molar-refractivity contribution in [3.05, 3.63) is 120 Å². The molecule has 2 amide bonds. The molecule has 4 heterocycles. The summed E-state index contributed by atoms with van der Waals surface area (Å²) in [5, 5.41) is 9.81. The molecule has 0 unspecified atom stereocenters. The van der Waals surface area contributed by atoms with Crippen molar-refractivity contribution in [3.8, 4) is 0 Å². The Kier molecular flexibility index (Phi) is 16.1. The lowest BCUT2D eigenvalue weighted by Gasteiger charge is -2.44. The number of nitrogens with one attached hydrogen (secondary N) is 3. The second kappa shape index (κ2) is 20.3. The van der Waals surface area contributed by atoms with E-state index < -0.39 is 11.2 Å². The minimum absolute atomic E-state index is 0. The Bertz CT molecular complexity index is 2020. The number of nitrogens with zero attached hydrogens (tertiary/aromatic N) is 3. The molecule has 2 aromatic heterocycles. The van der Waals surface area contributed by atoms with Crippen LogP contribution in [0.15, 0.2) is 94.4 Å². The van der Waals surface area contributed by atoms with Crippen molar-refractivity contribution in [1.82, 2.24) is 25.9 Å². The minimum atomic E-state index is -0.507. The Hall–Kier alpha value is -3.27. The first-order valence-corrected chi connectivity index (χ1v) is 23.1. The van der Waals surface area contributed by atoms with Crippen molar-refractivity contribution < 1.29 is 19.1 Å². The fourth-order valence-electron chi connectivity index (χ4n) is 8.87. The van der Waals surface area contributed by atoms with Gasteiger partial charge < -0.3 is 30.3 Å². The van der Waals surface area contributed by atoms with Crippen LogP contribution in [0.25, 0.3) is 0 Å². The largest absolute Gasteiger partial charge is 0.444 e. The maximum absolute atomic E-state index is 12.6. The number of pyridine rings is 2. The molecular weight excluding hydrogens is 999 g/mol. The van der Waals surface area contributed by atoms with Gasteiger partial charge in [0.25, 0.3) is 0 Å². The Balaban J connectivity index is 0.000000194. The number of aromatic nitrogens is 2. The van der Waals surface area contributed by atoms with Crippen molar-refractivity contribution in [1.29, 1.82) is 0 Å². The van der Waals surface area contributed by atoms with E-state index in [0.717, 1.165) is 83.2 Å². The van der Waals surface area contributed by atoms with Gasteiger partial charge in [-0.1, -0.05) is 56.0 Å². The van der Waals surface area contributed by atoms with Crippen molar-refractivity contribution in [2.75, 3.05) is 31.1 Å². The molecular formula is C47H61Br2IN6O4. The second-order valence-electron chi connectivity index (χ2n) is 18.0. The number of hydrogen-bond donors (Lipinski definition) is 3. The molecule has 0 saturated carbocycles. The summed E-state index contributed by atoms with van der Waals surface area (Å²) in [6.07, 6.45) is 9.32. The van der Waals surface area contributed by atoms with Gasteiger partial charge in [-0.25, -0.2) is 19.6 Å². The molecule has 8 rings (SSSR count). The number of halogens is 3. The van der Waals surface area contributed by atoms with Gasteiger partial charge in [0, 0.05) is 33.7 Å². The SMILES string of the molecule is Brc1ccc(I)cn1.C.CC(C)(C)OC(=O)N[C@@H]1c2ccccc2CC12CCN(c1ccc(Br)nc1)CC2.CC(C)(C)OC(=O)N[C@@H]1c2ccccc2CC12CCNCC2. The molecule has 0 bridgehead atoms. The Labute approximate surface area is 387 Å². The van der Waals surface area contributed by atoms with E-state index in [1.165, 1.54) is 22.3 Å². The third kappa shape index (κ3) is 12.4. The summed E-state index contributed by atoms with van der Waals surface area (Å²) in [6, 6.07) is 25.0. The number of anilines is 1. The summed E-state index contributed by atoms with van der Waals surface area (Å²) in [5.41, 5.74) is 5.53. The summed E-state index contributed by atoms with van der Waals surface area (Å²) in [7, 11) is 0. The smallest absolute Gasteiger partial charge is 0.408 e. The average Bonchev–Trinajstić information content (AvgIpc) is 3.63. The Morgan fingerprint density at radius 1 is 0.700 bits per heavy atom. The van der Waals surface area contributed by atoms with Crippen LogP contribution in [0.2, 0.25) is 0 Å². The number of hydrogen-bond acceptors (Lipinski definition) is 8. The number of fused-ring (bicyclic) bond motifs is 2. The standard InChI is InChI=1S/C23H28BrN3O2.C18H26N2O2.C5H3BrIN.CH4/c1-22(2,3)29-21(28)26-20-18-7-5-4-6-16(18)14-23(20)10-12-27(13-11-23)17-8-9-19(24)25-15-17;1-17(2,3)22-16(21)20-15-14-7-5-4-6-13(14)12-18(15)8-10-19-11-9-18;6-5-2-1-4(7)3-8-5;/h4-9,15,20H,10-14H2,1-3H3,(H,26,28);4-7,15,19H,8-12H2,1-3H3,(H,20,21);1-3H;1H4/t20-;15-;;/m11../s1. The highest BCUT2D eigenvalue weighted by Crippen LogP contribution is 2.53. The summed E-state index contributed by atoms with van der Waals surface area (Å²) in [4.78, 5) is 35.7. The van der Waals surface area contributed by atoms with Crippen LogP contribution in [0.3, 0.4) is 0 Å². The first kappa shape index (κ1) is 47.8. The van der Waals surface area contributed by atoms with Gasteiger partial charge in [0.1, 0.15) is 20.4 Å². The molecule has 60 heavy (non-hydrogen) atoms. The monoisotopic (exact) mass is 1060 g/mol. The van der Waals surface area contributed by atoms with Crippen LogP contribution in [-0.4, -0.2) is 59.5 Å². The van der Waals surface area contributed by atoms with E-state index in [4.69, 9.17) is 9.47 Å². The summed E-state index contributed by atoms with van der Waals surface area (Å²) >= 11 is 8.85. The fourth-order valence-corrected chi connectivity index (χ4v) is 9.66. The van der Waals surface area contributed by atoms with Gasteiger partial charge >= 0.3 is 12.2 Å². The van der Waals surface area contributed by atoms with Crippen LogP contribution < -0.4 is 20.9 Å². The Morgan fingerprint density at radius 2 is 1.15 bits per heavy atom. The van der Waals surface area contributed by atoms with E-state index in [0.29, 0.717) is 0 Å². The van der Waals surface area contributed by atoms with E-state index in [1.54, 1.807) is 0 Å². The van der Waals surface area contributed by atoms with Crippen LogP contribution in [0, 0.1) is 14.4 Å². The van der Waals surface area contributed by atoms with Crippen molar-refractivity contribution in [2.45, 2.75) is 111 Å². The molecule has 2 spiro atoms. The predicted octanol–water partition coefficient (Wildman–Crippen LogP) is 11.5. The molecule has 4 aliphatic rings. The van der Waals surface area contributed by atoms with Crippen LogP contribution in [0.4, 0.5) is 15.3 Å². The molecule has 10 nitrogen and oxygen atoms in total. The van der Waals surface area contributed by atoms with Crippen molar-refractivity contribution >= 4 is 72.3 Å². The van der Waals surface area contributed by atoms with Crippen molar-refractivity contribution in [2.24, 2.45) is 10.8 Å². The highest BCUT2D eigenvalue weighted by atomic mass is 127. The number of rotatable bonds is 3. The molecule has 2 aliphatic heterocycles. The fraction of sp³-hybridized carbons (Fsp3) is 0.489. The van der Waals surface area contributed by atoms with E-state index in [9.17, 15) is 9.59 Å². The molecule has 2 aromatic carbocycles. The molecule has 4 aromatic rings. The average molecular weight is 1060 g/mol. The van der Waals surface area contributed by atoms with E-state index in [2.05, 4.69) is 140 Å². The second-order valence-corrected chi connectivity index (χ2v) is 20.9. The van der Waals surface area contributed by atoms with Crippen LogP contribution in [0.5, 0.6) is 0 Å². The number of carbonyl (C=O) groups is 2. The lowest BCUT2D eigenvalue weighted by Crippen LogP contribution is -2.47. The van der Waals surface area contributed by atoms with Gasteiger partial charge in [0.15, 0.2) is 0 Å². The maximum atomic E-state index is 12.6. The number of amides is 2. The zero-order valence-corrected chi connectivity index (χ0v) is 40.2. The highest BCUT2D eigenvalue weighted by molar-refractivity contribution is 14.1. The van der Waals surface area contributed by atoms with Gasteiger partial charge in [0.05, 0.1) is 24.0 Å². The lowest BCUT2D eigenvalue weighted by atomic mass is 9.72. The van der Waals surface area contributed by atoms with Crippen LogP contribution in [0.1, 0.15) is 109 Å². The Morgan fingerprint density at radius 3 is 1.57 bits per heavy atom. The topological polar surface area (TPSA) is 118 Å². The van der Waals surface area contributed by atoms with E-state index >= 15 is 0 Å². The van der Waals surface area contributed by atoms with Crippen LogP contribution >= 0.6 is 54.5 Å². The van der Waals surface area contributed by atoms with Gasteiger partial charge in [-0.2, -0.15) is 0 Å². The molecule has 2 aliphatic carbocycles. The van der Waals surface area contributed by atoms with Gasteiger partial charge in [-0.3, -0.25) is 0 Å². The lowest BCUT2D eigenvalue weighted by molar-refractivity contribution is 0.0415. The van der Waals surface area contributed by atoms with Gasteiger partial charge in [-0.15, -0.1) is 0 Å². The van der Waals surface area contributed by atoms with Gasteiger partial charge in [-0.05, 0) is 194 Å². The molecule has 2 fully saturated rings. The first-order valence-electron chi connectivity index (χ1n) is 20.4. The zero-order chi connectivity index (χ0) is 42.4. The molecule has 0 radical (unpaired) electrons. The maximum Gasteiger partial charge on any atom is 0.408 e.